The molecule has 0 fully saturated rings. The molecular formula is C24H48O3. The summed E-state index contributed by atoms with van der Waals surface area (Å²) in [5, 5.41) is 18.1. The smallest absolute Gasteiger partial charge is 0.305 e. The summed E-state index contributed by atoms with van der Waals surface area (Å²) in [4.78, 5) is 10.5. The van der Waals surface area contributed by atoms with Crippen molar-refractivity contribution in [1.82, 2.24) is 0 Å². The molecule has 0 saturated carbocycles. The molecule has 1 unspecified atom stereocenters. The first kappa shape index (κ1) is 26.4. The van der Waals surface area contributed by atoms with Gasteiger partial charge in [0, 0.05) is 0 Å². The summed E-state index contributed by atoms with van der Waals surface area (Å²) < 4.78 is 0. The monoisotopic (exact) mass is 384 g/mol. The Morgan fingerprint density at radius 2 is 0.889 bits per heavy atom. The summed E-state index contributed by atoms with van der Waals surface area (Å²) in [5.41, 5.74) is 0. The summed E-state index contributed by atoms with van der Waals surface area (Å²) in [6.07, 6.45) is 22.7. The molecule has 0 aliphatic carbocycles. The molecule has 0 aromatic heterocycles. The third-order valence-corrected chi connectivity index (χ3v) is 5.48. The van der Waals surface area contributed by atoms with Crippen LogP contribution in [0.3, 0.4) is 0 Å². The van der Waals surface area contributed by atoms with Gasteiger partial charge >= 0.3 is 5.97 Å². The predicted octanol–water partition coefficient (Wildman–Crippen LogP) is 7.50. The van der Waals surface area contributed by atoms with E-state index in [2.05, 4.69) is 13.8 Å². The molecule has 0 bridgehead atoms. The van der Waals surface area contributed by atoms with Gasteiger partial charge in [0.25, 0.3) is 0 Å². The van der Waals surface area contributed by atoms with Crippen molar-refractivity contribution in [2.45, 2.75) is 142 Å². The molecule has 0 amide bonds. The minimum Gasteiger partial charge on any atom is -0.481 e. The van der Waals surface area contributed by atoms with E-state index in [1.807, 2.05) is 0 Å². The van der Waals surface area contributed by atoms with Crippen LogP contribution in [0.25, 0.3) is 0 Å². The number of hydrogen-bond donors (Lipinski definition) is 2. The van der Waals surface area contributed by atoms with Gasteiger partial charge < -0.3 is 10.2 Å². The average molecular weight is 385 g/mol. The van der Waals surface area contributed by atoms with E-state index in [0.717, 1.165) is 18.8 Å². The van der Waals surface area contributed by atoms with Gasteiger partial charge in [-0.1, -0.05) is 123 Å². The first-order valence-corrected chi connectivity index (χ1v) is 11.9. The first-order valence-electron chi connectivity index (χ1n) is 11.9. The minimum atomic E-state index is -0.903. The molecule has 162 valence electrons. The highest BCUT2D eigenvalue weighted by Crippen LogP contribution is 2.15. The van der Waals surface area contributed by atoms with E-state index in [1.165, 1.54) is 96.3 Å². The predicted molar refractivity (Wildman–Crippen MR) is 116 cm³/mol. The van der Waals surface area contributed by atoms with Crippen LogP contribution in [0.15, 0.2) is 0 Å². The molecule has 0 aromatic rings. The van der Waals surface area contributed by atoms with Crippen molar-refractivity contribution in [3.05, 3.63) is 0 Å². The topological polar surface area (TPSA) is 57.5 Å². The van der Waals surface area contributed by atoms with Crippen LogP contribution in [0.2, 0.25) is 0 Å². The molecule has 0 saturated heterocycles. The maximum absolute atomic E-state index is 10.5. The van der Waals surface area contributed by atoms with Gasteiger partial charge in [0.1, 0.15) is 0 Å². The molecule has 1 atom stereocenters. The maximum Gasteiger partial charge on any atom is 0.305 e. The van der Waals surface area contributed by atoms with Crippen molar-refractivity contribution in [2.24, 2.45) is 5.92 Å². The fourth-order valence-corrected chi connectivity index (χ4v) is 3.71. The van der Waals surface area contributed by atoms with E-state index in [-0.39, 0.29) is 6.42 Å². The third-order valence-electron chi connectivity index (χ3n) is 5.48. The highest BCUT2D eigenvalue weighted by atomic mass is 16.4. The number of hydrogen-bond acceptors (Lipinski definition) is 2. The Hall–Kier alpha value is -0.570. The van der Waals surface area contributed by atoms with Gasteiger partial charge in [0.05, 0.1) is 12.5 Å². The largest absolute Gasteiger partial charge is 0.481 e. The van der Waals surface area contributed by atoms with Crippen LogP contribution >= 0.6 is 0 Å². The molecule has 2 N–H and O–H groups in total. The van der Waals surface area contributed by atoms with E-state index in [4.69, 9.17) is 5.11 Å². The van der Waals surface area contributed by atoms with Gasteiger partial charge in [-0.3, -0.25) is 4.79 Å². The number of aliphatic hydroxyl groups excluding tert-OH is 1. The van der Waals surface area contributed by atoms with Gasteiger partial charge in [-0.15, -0.1) is 0 Å². The summed E-state index contributed by atoms with van der Waals surface area (Å²) in [7, 11) is 0. The lowest BCUT2D eigenvalue weighted by Gasteiger charge is -2.07. The Balaban J connectivity index is 3.08. The van der Waals surface area contributed by atoms with Crippen molar-refractivity contribution < 1.29 is 15.0 Å². The van der Waals surface area contributed by atoms with E-state index in [9.17, 15) is 9.90 Å². The molecule has 0 aliphatic heterocycles. The lowest BCUT2D eigenvalue weighted by Crippen LogP contribution is -2.12. The molecule has 27 heavy (non-hydrogen) atoms. The van der Waals surface area contributed by atoms with Crippen molar-refractivity contribution in [1.29, 1.82) is 0 Å². The van der Waals surface area contributed by atoms with E-state index in [1.54, 1.807) is 0 Å². The molecule has 0 aromatic carbocycles. The van der Waals surface area contributed by atoms with Crippen LogP contribution < -0.4 is 0 Å². The summed E-state index contributed by atoms with van der Waals surface area (Å²) in [6.45, 7) is 4.64. The fraction of sp³-hybridized carbons (Fsp3) is 0.958. The third kappa shape index (κ3) is 23.4. The molecule has 3 nitrogen and oxygen atoms in total. The van der Waals surface area contributed by atoms with Crippen molar-refractivity contribution in [2.75, 3.05) is 0 Å². The highest BCUT2D eigenvalue weighted by Gasteiger charge is 2.08. The number of carbonyl (C=O) groups is 1. The van der Waals surface area contributed by atoms with Gasteiger partial charge in [0.2, 0.25) is 0 Å². The number of aliphatic hydroxyl groups is 1. The second-order valence-corrected chi connectivity index (χ2v) is 8.88. The van der Waals surface area contributed by atoms with Gasteiger partial charge in [0.15, 0.2) is 0 Å². The van der Waals surface area contributed by atoms with Crippen LogP contribution in [0.5, 0.6) is 0 Å². The Bertz CT molecular complexity index is 315. The van der Waals surface area contributed by atoms with Gasteiger partial charge in [-0.2, -0.15) is 0 Å². The van der Waals surface area contributed by atoms with Crippen LogP contribution in [0.1, 0.15) is 136 Å². The van der Waals surface area contributed by atoms with E-state index < -0.39 is 12.1 Å². The van der Waals surface area contributed by atoms with Crippen molar-refractivity contribution in [3.63, 3.8) is 0 Å². The Kier molecular flexibility index (Phi) is 19.7. The van der Waals surface area contributed by atoms with Crippen molar-refractivity contribution in [3.8, 4) is 0 Å². The van der Waals surface area contributed by atoms with E-state index >= 15 is 0 Å². The van der Waals surface area contributed by atoms with Crippen LogP contribution in [0, 0.1) is 5.92 Å². The molecular weight excluding hydrogens is 336 g/mol. The zero-order chi connectivity index (χ0) is 20.2. The number of aliphatic carboxylic acids is 1. The minimum absolute atomic E-state index is 0.113. The number of rotatable bonds is 21. The molecule has 0 aliphatic rings. The second-order valence-electron chi connectivity index (χ2n) is 8.88. The fourth-order valence-electron chi connectivity index (χ4n) is 3.71. The summed E-state index contributed by atoms with van der Waals surface area (Å²) >= 11 is 0. The second kappa shape index (κ2) is 20.2. The quantitative estimate of drug-likeness (QED) is 0.201. The lowest BCUT2D eigenvalue weighted by molar-refractivity contribution is -0.139. The SMILES string of the molecule is CC(C)CCCCCCCCCCCCCCCCCCC(O)CC(=O)O. The standard InChI is InChI=1S/C24H48O3/c1-22(2)19-17-15-13-11-9-7-5-3-4-6-8-10-12-14-16-18-20-23(25)21-24(26)27/h22-23,25H,3-21H2,1-2H3,(H,26,27). The molecule has 0 rings (SSSR count). The normalized spacial score (nSPS) is 12.6. The van der Waals surface area contributed by atoms with Gasteiger partial charge in [-0.05, 0) is 12.3 Å². The molecule has 0 radical (unpaired) electrons. The zero-order valence-electron chi connectivity index (χ0n) is 18.4. The van der Waals surface area contributed by atoms with Crippen LogP contribution in [-0.2, 0) is 4.79 Å². The Morgan fingerprint density at radius 3 is 1.19 bits per heavy atom. The average Bonchev–Trinajstić information content (AvgIpc) is 2.59. The Morgan fingerprint density at radius 1 is 0.593 bits per heavy atom. The zero-order valence-corrected chi connectivity index (χ0v) is 18.4. The molecule has 0 spiro atoms. The Labute approximate surface area is 169 Å². The van der Waals surface area contributed by atoms with Crippen LogP contribution in [0.4, 0.5) is 0 Å². The maximum atomic E-state index is 10.5. The summed E-state index contributed by atoms with van der Waals surface area (Å²) in [5.74, 6) is -0.0333. The number of unbranched alkanes of at least 4 members (excludes halogenated alkanes) is 15. The first-order chi connectivity index (χ1) is 13.0. The van der Waals surface area contributed by atoms with Gasteiger partial charge in [-0.25, -0.2) is 0 Å². The van der Waals surface area contributed by atoms with Crippen LogP contribution in [-0.4, -0.2) is 22.3 Å². The van der Waals surface area contributed by atoms with E-state index in [0.29, 0.717) is 6.42 Å². The summed E-state index contributed by atoms with van der Waals surface area (Å²) in [6, 6.07) is 0. The molecule has 0 heterocycles. The molecule has 3 heteroatoms. The number of carboxylic acids is 1. The van der Waals surface area contributed by atoms with Crippen molar-refractivity contribution >= 4 is 5.97 Å². The highest BCUT2D eigenvalue weighted by molar-refractivity contribution is 5.67. The number of carboxylic acid groups (broad SMARTS) is 1. The lowest BCUT2D eigenvalue weighted by atomic mass is 10.0.